The van der Waals surface area contributed by atoms with E-state index in [0.717, 1.165) is 19.4 Å². The highest BCUT2D eigenvalue weighted by atomic mass is 19.1. The molecule has 108 valence electrons. The number of hydrogen-bond donors (Lipinski definition) is 1. The molecule has 5 heteroatoms. The Bertz CT molecular complexity index is 467. The fourth-order valence-electron chi connectivity index (χ4n) is 2.58. The highest BCUT2D eigenvalue weighted by Gasteiger charge is 2.43. The molecule has 1 aromatic heterocycles. The first-order chi connectivity index (χ1) is 9.66. The van der Waals surface area contributed by atoms with Crippen LogP contribution in [0.4, 0.5) is 4.39 Å². The first-order valence-electron chi connectivity index (χ1n) is 7.27. The topological polar surface area (TPSA) is 45.2 Å². The van der Waals surface area contributed by atoms with Crippen molar-refractivity contribution >= 4 is 5.91 Å². The normalized spacial score (nSPS) is 22.4. The van der Waals surface area contributed by atoms with E-state index in [4.69, 9.17) is 0 Å². The molecule has 0 spiro atoms. The lowest BCUT2D eigenvalue weighted by Gasteiger charge is -2.35. The van der Waals surface area contributed by atoms with Crippen molar-refractivity contribution in [1.82, 2.24) is 15.2 Å². The molecule has 3 rings (SSSR count). The zero-order valence-electron chi connectivity index (χ0n) is 11.5. The van der Waals surface area contributed by atoms with Crippen LogP contribution in [-0.2, 0) is 11.3 Å². The van der Waals surface area contributed by atoms with Gasteiger partial charge in [-0.05, 0) is 30.5 Å². The van der Waals surface area contributed by atoms with Gasteiger partial charge in [0.05, 0.1) is 0 Å². The molecule has 20 heavy (non-hydrogen) atoms. The van der Waals surface area contributed by atoms with Crippen molar-refractivity contribution in [3.8, 4) is 0 Å². The van der Waals surface area contributed by atoms with Gasteiger partial charge in [0, 0.05) is 50.9 Å². The summed E-state index contributed by atoms with van der Waals surface area (Å²) < 4.78 is 14.6. The fourth-order valence-corrected chi connectivity index (χ4v) is 2.58. The Morgan fingerprint density at radius 2 is 2.00 bits per heavy atom. The molecule has 0 radical (unpaired) electrons. The van der Waals surface area contributed by atoms with Crippen LogP contribution in [0.25, 0.3) is 0 Å². The number of piperidine rings is 1. The number of alkyl halides is 1. The molecule has 1 N–H and O–H groups in total. The van der Waals surface area contributed by atoms with Crippen LogP contribution in [0.5, 0.6) is 0 Å². The van der Waals surface area contributed by atoms with Crippen LogP contribution in [0, 0.1) is 0 Å². The molecule has 1 saturated heterocycles. The predicted molar refractivity (Wildman–Crippen MR) is 73.8 cm³/mol. The number of aromatic nitrogens is 1. The molecule has 1 saturated carbocycles. The minimum Gasteiger partial charge on any atom is -0.351 e. The third-order valence-corrected chi connectivity index (χ3v) is 4.12. The van der Waals surface area contributed by atoms with E-state index in [1.54, 1.807) is 12.4 Å². The summed E-state index contributed by atoms with van der Waals surface area (Å²) in [4.78, 5) is 18.1. The van der Waals surface area contributed by atoms with Crippen molar-refractivity contribution in [2.75, 3.05) is 13.1 Å². The Hall–Kier alpha value is -1.49. The molecular weight excluding hydrogens is 257 g/mol. The van der Waals surface area contributed by atoms with Gasteiger partial charge in [-0.2, -0.15) is 0 Å². The van der Waals surface area contributed by atoms with Crippen LogP contribution < -0.4 is 5.32 Å². The number of halogens is 1. The molecule has 2 aliphatic rings. The van der Waals surface area contributed by atoms with E-state index in [0.29, 0.717) is 13.1 Å². The Labute approximate surface area is 118 Å². The number of nitrogens with one attached hydrogen (secondary N) is 1. The third kappa shape index (κ3) is 3.15. The number of hydrogen-bond acceptors (Lipinski definition) is 3. The lowest BCUT2D eigenvalue weighted by atomic mass is 9.92. The largest absolute Gasteiger partial charge is 0.351 e. The van der Waals surface area contributed by atoms with Gasteiger partial charge in [-0.1, -0.05) is 0 Å². The van der Waals surface area contributed by atoms with E-state index >= 15 is 0 Å². The van der Waals surface area contributed by atoms with E-state index in [-0.39, 0.29) is 18.9 Å². The standard InChI is InChI=1S/C15H20FN3O/c16-15(14(20)18-13-1-2-13)5-9-19(10-6-15)11-12-3-7-17-8-4-12/h3-4,7-8,13H,1-2,5-6,9-11H2,(H,18,20). The molecule has 1 aliphatic heterocycles. The number of nitrogens with zero attached hydrogens (tertiary/aromatic N) is 2. The number of pyridine rings is 1. The first kappa shape index (κ1) is 13.5. The van der Waals surface area contributed by atoms with Crippen LogP contribution in [0.3, 0.4) is 0 Å². The Balaban J connectivity index is 1.52. The molecule has 0 unspecified atom stereocenters. The van der Waals surface area contributed by atoms with E-state index in [1.807, 2.05) is 12.1 Å². The molecule has 2 heterocycles. The van der Waals surface area contributed by atoms with E-state index in [1.165, 1.54) is 5.56 Å². The maximum Gasteiger partial charge on any atom is 0.257 e. The summed E-state index contributed by atoms with van der Waals surface area (Å²) in [5.74, 6) is -0.399. The number of carbonyl (C=O) groups is 1. The summed E-state index contributed by atoms with van der Waals surface area (Å²) in [6.07, 6.45) is 6.10. The van der Waals surface area contributed by atoms with Crippen LogP contribution >= 0.6 is 0 Å². The van der Waals surface area contributed by atoms with Gasteiger partial charge in [-0.25, -0.2) is 4.39 Å². The molecule has 1 amide bonds. The van der Waals surface area contributed by atoms with Gasteiger partial charge >= 0.3 is 0 Å². The Morgan fingerprint density at radius 1 is 1.35 bits per heavy atom. The summed E-state index contributed by atoms with van der Waals surface area (Å²) in [7, 11) is 0. The lowest BCUT2D eigenvalue weighted by Crippen LogP contribution is -2.51. The van der Waals surface area contributed by atoms with Crippen molar-refractivity contribution in [3.05, 3.63) is 30.1 Å². The average molecular weight is 277 g/mol. The summed E-state index contributed by atoms with van der Waals surface area (Å²) in [6, 6.07) is 4.17. The molecule has 1 aliphatic carbocycles. The lowest BCUT2D eigenvalue weighted by molar-refractivity contribution is -0.136. The summed E-state index contributed by atoms with van der Waals surface area (Å²) in [6.45, 7) is 2.04. The van der Waals surface area contributed by atoms with Gasteiger partial charge in [0.25, 0.3) is 5.91 Å². The van der Waals surface area contributed by atoms with Crippen molar-refractivity contribution < 1.29 is 9.18 Å². The van der Waals surface area contributed by atoms with Crippen LogP contribution in [0.15, 0.2) is 24.5 Å². The average Bonchev–Trinajstić information content (AvgIpc) is 3.27. The number of amides is 1. The zero-order valence-corrected chi connectivity index (χ0v) is 11.5. The van der Waals surface area contributed by atoms with E-state index < -0.39 is 11.6 Å². The van der Waals surface area contributed by atoms with Crippen molar-refractivity contribution in [2.45, 2.75) is 43.9 Å². The van der Waals surface area contributed by atoms with Crippen LogP contribution in [-0.4, -0.2) is 40.6 Å². The van der Waals surface area contributed by atoms with Gasteiger partial charge in [0.2, 0.25) is 0 Å². The number of rotatable bonds is 4. The fraction of sp³-hybridized carbons (Fsp3) is 0.600. The maximum absolute atomic E-state index is 14.6. The zero-order chi connectivity index (χ0) is 14.0. The van der Waals surface area contributed by atoms with E-state index in [2.05, 4.69) is 15.2 Å². The summed E-state index contributed by atoms with van der Waals surface area (Å²) in [5, 5.41) is 2.79. The molecule has 2 fully saturated rings. The maximum atomic E-state index is 14.6. The smallest absolute Gasteiger partial charge is 0.257 e. The van der Waals surface area contributed by atoms with Crippen molar-refractivity contribution in [3.63, 3.8) is 0 Å². The first-order valence-corrected chi connectivity index (χ1v) is 7.27. The minimum atomic E-state index is -1.67. The molecule has 0 aromatic carbocycles. The van der Waals surface area contributed by atoms with Crippen molar-refractivity contribution in [1.29, 1.82) is 0 Å². The second-order valence-corrected chi connectivity index (χ2v) is 5.84. The second kappa shape index (κ2) is 5.48. The molecule has 0 atom stereocenters. The van der Waals surface area contributed by atoms with Gasteiger partial charge in [-0.15, -0.1) is 0 Å². The van der Waals surface area contributed by atoms with Gasteiger partial charge in [0.1, 0.15) is 0 Å². The molecule has 0 bridgehead atoms. The third-order valence-electron chi connectivity index (χ3n) is 4.12. The van der Waals surface area contributed by atoms with Crippen LogP contribution in [0.1, 0.15) is 31.2 Å². The Morgan fingerprint density at radius 3 is 2.60 bits per heavy atom. The highest BCUT2D eigenvalue weighted by molar-refractivity contribution is 5.85. The van der Waals surface area contributed by atoms with E-state index in [9.17, 15) is 9.18 Å². The highest BCUT2D eigenvalue weighted by Crippen LogP contribution is 2.29. The van der Waals surface area contributed by atoms with Gasteiger partial charge < -0.3 is 5.32 Å². The van der Waals surface area contributed by atoms with Gasteiger partial charge in [-0.3, -0.25) is 14.7 Å². The number of likely N-dealkylation sites (tertiary alicyclic amines) is 1. The minimum absolute atomic E-state index is 0.227. The predicted octanol–water partition coefficient (Wildman–Crippen LogP) is 1.66. The number of carbonyl (C=O) groups excluding carboxylic acids is 1. The monoisotopic (exact) mass is 277 g/mol. The van der Waals surface area contributed by atoms with Crippen LogP contribution in [0.2, 0.25) is 0 Å². The van der Waals surface area contributed by atoms with Crippen molar-refractivity contribution in [2.24, 2.45) is 0 Å². The summed E-state index contributed by atoms with van der Waals surface area (Å²) >= 11 is 0. The SMILES string of the molecule is O=C(NC1CC1)C1(F)CCN(Cc2ccncc2)CC1. The molecular formula is C15H20FN3O. The summed E-state index contributed by atoms with van der Waals surface area (Å²) in [5.41, 5.74) is -0.495. The second-order valence-electron chi connectivity index (χ2n) is 5.84. The van der Waals surface area contributed by atoms with Gasteiger partial charge in [0.15, 0.2) is 5.67 Å². The quantitative estimate of drug-likeness (QED) is 0.910. The molecule has 4 nitrogen and oxygen atoms in total. The Kier molecular flexibility index (Phi) is 3.70. The molecule has 1 aromatic rings.